The highest BCUT2D eigenvalue weighted by atomic mass is 35.5. The molecule has 0 saturated carbocycles. The molecule has 0 heterocycles. The minimum Gasteiger partial charge on any atom is -0.324 e. The van der Waals surface area contributed by atoms with Crippen molar-refractivity contribution in [3.8, 4) is 0 Å². The third-order valence-corrected chi connectivity index (χ3v) is 3.09. The fourth-order valence-electron chi connectivity index (χ4n) is 1.71. The predicted octanol–water partition coefficient (Wildman–Crippen LogP) is 4.01. The first-order chi connectivity index (χ1) is 8.60. The van der Waals surface area contributed by atoms with E-state index in [0.717, 1.165) is 5.56 Å². The molecule has 0 atom stereocenters. The molecule has 0 bridgehead atoms. The number of hydrogen-bond acceptors (Lipinski definition) is 2. The van der Waals surface area contributed by atoms with Crippen molar-refractivity contribution < 1.29 is 4.39 Å². The summed E-state index contributed by atoms with van der Waals surface area (Å²) >= 11 is 11.6. The maximum absolute atomic E-state index is 13.7. The molecule has 0 aliphatic carbocycles. The van der Waals surface area contributed by atoms with E-state index in [9.17, 15) is 4.39 Å². The molecule has 5 heteroatoms. The molecule has 2 aromatic carbocycles. The van der Waals surface area contributed by atoms with Crippen LogP contribution in [0.15, 0.2) is 36.4 Å². The molecule has 0 unspecified atom stereocenters. The number of hydrazine groups is 1. The van der Waals surface area contributed by atoms with Gasteiger partial charge in [-0.3, -0.25) is 5.84 Å². The Hall–Kier alpha value is -1.29. The van der Waals surface area contributed by atoms with Crippen LogP contribution in [0.3, 0.4) is 0 Å². The quantitative estimate of drug-likeness (QED) is 0.660. The lowest BCUT2D eigenvalue weighted by Gasteiger charge is -2.10. The molecule has 0 aliphatic heterocycles. The monoisotopic (exact) mass is 284 g/mol. The van der Waals surface area contributed by atoms with Crippen molar-refractivity contribution in [3.63, 3.8) is 0 Å². The molecule has 0 fully saturated rings. The van der Waals surface area contributed by atoms with Crippen LogP contribution in [-0.4, -0.2) is 0 Å². The van der Waals surface area contributed by atoms with Gasteiger partial charge in [-0.25, -0.2) is 4.39 Å². The van der Waals surface area contributed by atoms with E-state index in [1.54, 1.807) is 24.3 Å². The number of benzene rings is 2. The van der Waals surface area contributed by atoms with Crippen molar-refractivity contribution in [2.75, 3.05) is 5.43 Å². The number of nitrogens with one attached hydrogen (secondary N) is 1. The van der Waals surface area contributed by atoms with E-state index in [1.807, 2.05) is 6.07 Å². The molecule has 0 radical (unpaired) electrons. The summed E-state index contributed by atoms with van der Waals surface area (Å²) in [6.07, 6.45) is 0.416. The molecule has 0 aromatic heterocycles. The van der Waals surface area contributed by atoms with Crippen molar-refractivity contribution in [2.45, 2.75) is 6.42 Å². The summed E-state index contributed by atoms with van der Waals surface area (Å²) in [7, 11) is 0. The van der Waals surface area contributed by atoms with Crippen molar-refractivity contribution in [3.05, 3.63) is 63.4 Å². The fourth-order valence-corrected chi connectivity index (χ4v) is 2.04. The van der Waals surface area contributed by atoms with E-state index in [2.05, 4.69) is 5.43 Å². The zero-order valence-corrected chi connectivity index (χ0v) is 10.9. The van der Waals surface area contributed by atoms with Gasteiger partial charge in [0.05, 0.1) is 5.69 Å². The highest BCUT2D eigenvalue weighted by Gasteiger charge is 2.08. The van der Waals surface area contributed by atoms with E-state index < -0.39 is 0 Å². The Bertz CT molecular complexity index is 573. The van der Waals surface area contributed by atoms with Gasteiger partial charge in [0, 0.05) is 16.5 Å². The van der Waals surface area contributed by atoms with Gasteiger partial charge in [0.1, 0.15) is 5.82 Å². The van der Waals surface area contributed by atoms with Crippen molar-refractivity contribution in [2.24, 2.45) is 5.84 Å². The first-order valence-corrected chi connectivity index (χ1v) is 6.04. The second kappa shape index (κ2) is 5.57. The summed E-state index contributed by atoms with van der Waals surface area (Å²) in [5.41, 5.74) is 4.65. The molecule has 0 aliphatic rings. The molecule has 3 N–H and O–H groups in total. The molecular formula is C13H11Cl2FN2. The number of anilines is 1. The van der Waals surface area contributed by atoms with Gasteiger partial charge in [0.25, 0.3) is 0 Å². The van der Waals surface area contributed by atoms with Crippen LogP contribution in [0.2, 0.25) is 10.0 Å². The summed E-state index contributed by atoms with van der Waals surface area (Å²) in [5, 5.41) is 0.952. The largest absolute Gasteiger partial charge is 0.324 e. The standard InChI is InChI=1S/C13H11Cl2FN2/c14-10-3-1-8(12(16)6-10)5-9-2-4-11(15)7-13(9)18-17/h1-4,6-7,18H,5,17H2. The SMILES string of the molecule is NNc1cc(Cl)ccc1Cc1ccc(Cl)cc1F. The summed E-state index contributed by atoms with van der Waals surface area (Å²) in [5.74, 6) is 5.08. The van der Waals surface area contributed by atoms with Gasteiger partial charge in [-0.15, -0.1) is 0 Å². The van der Waals surface area contributed by atoms with Crippen LogP contribution in [0, 0.1) is 5.82 Å². The maximum Gasteiger partial charge on any atom is 0.128 e. The Balaban J connectivity index is 2.33. The van der Waals surface area contributed by atoms with E-state index in [4.69, 9.17) is 29.0 Å². The minimum atomic E-state index is -0.333. The van der Waals surface area contributed by atoms with E-state index in [0.29, 0.717) is 27.7 Å². The average molecular weight is 285 g/mol. The van der Waals surface area contributed by atoms with Crippen LogP contribution < -0.4 is 11.3 Å². The Morgan fingerprint density at radius 2 is 1.61 bits per heavy atom. The Labute approximate surface area is 114 Å². The first-order valence-electron chi connectivity index (χ1n) is 5.29. The van der Waals surface area contributed by atoms with Crippen LogP contribution in [-0.2, 0) is 6.42 Å². The highest BCUT2D eigenvalue weighted by molar-refractivity contribution is 6.31. The lowest BCUT2D eigenvalue weighted by atomic mass is 10.0. The molecule has 0 saturated heterocycles. The number of hydrogen-bond donors (Lipinski definition) is 2. The summed E-state index contributed by atoms with van der Waals surface area (Å²) in [6, 6.07) is 9.86. The summed E-state index contributed by atoms with van der Waals surface area (Å²) in [6.45, 7) is 0. The number of nitrogen functional groups attached to an aromatic ring is 1. The number of rotatable bonds is 3. The topological polar surface area (TPSA) is 38.0 Å². The third kappa shape index (κ3) is 2.93. The number of nitrogens with two attached hydrogens (primary N) is 1. The molecule has 2 rings (SSSR count). The molecule has 2 aromatic rings. The molecule has 2 nitrogen and oxygen atoms in total. The molecule has 94 valence electrons. The normalized spacial score (nSPS) is 10.4. The van der Waals surface area contributed by atoms with Gasteiger partial charge in [0.15, 0.2) is 0 Å². The van der Waals surface area contributed by atoms with Crippen LogP contribution in [0.4, 0.5) is 10.1 Å². The second-order valence-corrected chi connectivity index (χ2v) is 4.73. The summed E-state index contributed by atoms with van der Waals surface area (Å²) in [4.78, 5) is 0. The zero-order chi connectivity index (χ0) is 13.1. The molecule has 0 spiro atoms. The molecule has 18 heavy (non-hydrogen) atoms. The predicted molar refractivity (Wildman–Crippen MR) is 73.5 cm³/mol. The van der Waals surface area contributed by atoms with E-state index >= 15 is 0 Å². The van der Waals surface area contributed by atoms with Gasteiger partial charge >= 0.3 is 0 Å². The highest BCUT2D eigenvalue weighted by Crippen LogP contribution is 2.24. The van der Waals surface area contributed by atoms with Crippen LogP contribution >= 0.6 is 23.2 Å². The molecule has 0 amide bonds. The van der Waals surface area contributed by atoms with Crippen LogP contribution in [0.5, 0.6) is 0 Å². The minimum absolute atomic E-state index is 0.333. The maximum atomic E-state index is 13.7. The van der Waals surface area contributed by atoms with Crippen molar-refractivity contribution in [1.82, 2.24) is 0 Å². The third-order valence-electron chi connectivity index (χ3n) is 2.62. The van der Waals surface area contributed by atoms with Crippen molar-refractivity contribution >= 4 is 28.9 Å². The van der Waals surface area contributed by atoms with Gasteiger partial charge in [-0.1, -0.05) is 35.3 Å². The fraction of sp³-hybridized carbons (Fsp3) is 0.0769. The van der Waals surface area contributed by atoms with E-state index in [-0.39, 0.29) is 5.82 Å². The van der Waals surface area contributed by atoms with Gasteiger partial charge in [-0.2, -0.15) is 0 Å². The van der Waals surface area contributed by atoms with Gasteiger partial charge in [-0.05, 0) is 35.4 Å². The lowest BCUT2D eigenvalue weighted by molar-refractivity contribution is 0.614. The van der Waals surface area contributed by atoms with Gasteiger partial charge in [0.2, 0.25) is 0 Å². The smallest absolute Gasteiger partial charge is 0.128 e. The Morgan fingerprint density at radius 3 is 2.22 bits per heavy atom. The van der Waals surface area contributed by atoms with Crippen LogP contribution in [0.25, 0.3) is 0 Å². The van der Waals surface area contributed by atoms with Gasteiger partial charge < -0.3 is 5.43 Å². The Morgan fingerprint density at radius 1 is 1.00 bits per heavy atom. The summed E-state index contributed by atoms with van der Waals surface area (Å²) < 4.78 is 13.7. The first kappa shape index (κ1) is 13.1. The van der Waals surface area contributed by atoms with E-state index in [1.165, 1.54) is 6.07 Å². The zero-order valence-electron chi connectivity index (χ0n) is 9.38. The number of halogens is 3. The Kier molecular flexibility index (Phi) is 4.07. The average Bonchev–Trinajstić information content (AvgIpc) is 2.34. The second-order valence-electron chi connectivity index (χ2n) is 3.86. The lowest BCUT2D eigenvalue weighted by Crippen LogP contribution is -2.09. The van der Waals surface area contributed by atoms with Crippen molar-refractivity contribution in [1.29, 1.82) is 0 Å². The molecular weight excluding hydrogens is 274 g/mol. The van der Waals surface area contributed by atoms with Crippen LogP contribution in [0.1, 0.15) is 11.1 Å².